The molecule has 1 aromatic heterocycles. The van der Waals surface area contributed by atoms with Gasteiger partial charge in [-0.05, 0) is 24.1 Å². The quantitative estimate of drug-likeness (QED) is 0.874. The van der Waals surface area contributed by atoms with Crippen LogP contribution in [0, 0.1) is 17.6 Å². The second-order valence-corrected chi connectivity index (χ2v) is 7.16. The van der Waals surface area contributed by atoms with Crippen LogP contribution in [0.2, 0.25) is 0 Å². The Bertz CT molecular complexity index is 848. The van der Waals surface area contributed by atoms with E-state index in [1.807, 2.05) is 36.7 Å². The van der Waals surface area contributed by atoms with Crippen LogP contribution in [0.15, 0.2) is 36.5 Å². The van der Waals surface area contributed by atoms with E-state index < -0.39 is 17.7 Å². The number of fused-ring (bicyclic) bond motifs is 1. The first-order valence-electron chi connectivity index (χ1n) is 9.03. The molecular weight excluding hydrogens is 352 g/mol. The van der Waals surface area contributed by atoms with Gasteiger partial charge in [0, 0.05) is 43.0 Å². The number of hydrogen-bond donors (Lipinski definition) is 1. The van der Waals surface area contributed by atoms with Crippen LogP contribution in [0.4, 0.5) is 8.78 Å². The van der Waals surface area contributed by atoms with Crippen molar-refractivity contribution in [2.24, 2.45) is 5.92 Å². The average Bonchev–Trinajstić information content (AvgIpc) is 3.07. The van der Waals surface area contributed by atoms with E-state index in [4.69, 9.17) is 0 Å². The molecule has 5 nitrogen and oxygen atoms in total. The van der Waals surface area contributed by atoms with Crippen molar-refractivity contribution in [1.82, 2.24) is 14.8 Å². The summed E-state index contributed by atoms with van der Waals surface area (Å²) in [7, 11) is 0. The van der Waals surface area contributed by atoms with Gasteiger partial charge < -0.3 is 14.8 Å². The van der Waals surface area contributed by atoms with E-state index >= 15 is 0 Å². The molecule has 7 heteroatoms. The minimum absolute atomic E-state index is 0.147. The second-order valence-electron chi connectivity index (χ2n) is 7.16. The van der Waals surface area contributed by atoms with Crippen LogP contribution in [-0.2, 0) is 16.1 Å². The van der Waals surface area contributed by atoms with Gasteiger partial charge >= 0.3 is 0 Å². The molecule has 1 aliphatic rings. The summed E-state index contributed by atoms with van der Waals surface area (Å²) in [6, 6.07) is 6.38. The van der Waals surface area contributed by atoms with E-state index in [0.29, 0.717) is 19.5 Å². The molecule has 0 aliphatic carbocycles. The lowest BCUT2D eigenvalue weighted by molar-refractivity contribution is -0.135. The Morgan fingerprint density at radius 3 is 2.70 bits per heavy atom. The van der Waals surface area contributed by atoms with Gasteiger partial charge in [-0.1, -0.05) is 19.9 Å². The molecule has 0 spiro atoms. The first-order valence-corrected chi connectivity index (χ1v) is 9.03. The SMILES string of the molecule is CC(C)CC(=O)NCC(=O)N1CCn2cccc2C1c1ccc(F)cc1F. The van der Waals surface area contributed by atoms with Crippen molar-refractivity contribution in [3.63, 3.8) is 0 Å². The number of nitrogens with one attached hydrogen (secondary N) is 1. The van der Waals surface area contributed by atoms with Gasteiger partial charge in [0.2, 0.25) is 11.8 Å². The summed E-state index contributed by atoms with van der Waals surface area (Å²) < 4.78 is 29.8. The van der Waals surface area contributed by atoms with Crippen LogP contribution >= 0.6 is 0 Å². The summed E-state index contributed by atoms with van der Waals surface area (Å²) in [5.74, 6) is -1.66. The monoisotopic (exact) mass is 375 g/mol. The molecule has 0 fully saturated rings. The van der Waals surface area contributed by atoms with E-state index in [2.05, 4.69) is 5.32 Å². The number of carbonyl (C=O) groups is 2. The number of amides is 2. The molecule has 1 aromatic carbocycles. The van der Waals surface area contributed by atoms with Crippen molar-refractivity contribution in [2.75, 3.05) is 13.1 Å². The molecule has 27 heavy (non-hydrogen) atoms. The maximum absolute atomic E-state index is 14.5. The molecule has 1 atom stereocenters. The van der Waals surface area contributed by atoms with Crippen molar-refractivity contribution >= 4 is 11.8 Å². The fraction of sp³-hybridized carbons (Fsp3) is 0.400. The first-order chi connectivity index (χ1) is 12.9. The maximum atomic E-state index is 14.5. The molecule has 144 valence electrons. The zero-order valence-electron chi connectivity index (χ0n) is 15.4. The Hall–Kier alpha value is -2.70. The van der Waals surface area contributed by atoms with Gasteiger partial charge in [0.15, 0.2) is 0 Å². The highest BCUT2D eigenvalue weighted by atomic mass is 19.1. The highest BCUT2D eigenvalue weighted by Gasteiger charge is 2.33. The van der Waals surface area contributed by atoms with Gasteiger partial charge in [0.05, 0.1) is 6.54 Å². The highest BCUT2D eigenvalue weighted by Crippen LogP contribution is 2.34. The number of nitrogens with zero attached hydrogens (tertiary/aromatic N) is 2. The minimum atomic E-state index is -0.698. The van der Waals surface area contributed by atoms with E-state index in [0.717, 1.165) is 11.8 Å². The third kappa shape index (κ3) is 4.18. The number of hydrogen-bond acceptors (Lipinski definition) is 2. The molecule has 2 aromatic rings. The standard InChI is InChI=1S/C20H23F2N3O2/c1-13(2)10-18(26)23-12-19(27)25-9-8-24-7-3-4-17(24)20(25)15-6-5-14(21)11-16(15)22/h3-7,11,13,20H,8-10,12H2,1-2H3,(H,23,26). The third-order valence-corrected chi connectivity index (χ3v) is 4.65. The zero-order chi connectivity index (χ0) is 19.6. The Morgan fingerprint density at radius 2 is 2.00 bits per heavy atom. The molecule has 1 N–H and O–H groups in total. The van der Waals surface area contributed by atoms with Crippen LogP contribution < -0.4 is 5.32 Å². The highest BCUT2D eigenvalue weighted by molar-refractivity contribution is 5.85. The lowest BCUT2D eigenvalue weighted by Gasteiger charge is -2.37. The molecule has 0 bridgehead atoms. The van der Waals surface area contributed by atoms with Gasteiger partial charge in [-0.2, -0.15) is 0 Å². The molecule has 0 saturated heterocycles. The van der Waals surface area contributed by atoms with Gasteiger partial charge in [-0.25, -0.2) is 8.78 Å². The van der Waals surface area contributed by atoms with Gasteiger partial charge in [-0.15, -0.1) is 0 Å². The molecule has 1 aliphatic heterocycles. The second kappa shape index (κ2) is 7.90. The van der Waals surface area contributed by atoms with Crippen LogP contribution in [0.5, 0.6) is 0 Å². The van der Waals surface area contributed by atoms with Gasteiger partial charge in [0.25, 0.3) is 0 Å². The van der Waals surface area contributed by atoms with E-state index in [1.54, 1.807) is 4.90 Å². The molecule has 2 heterocycles. The van der Waals surface area contributed by atoms with Crippen molar-refractivity contribution in [1.29, 1.82) is 0 Å². The van der Waals surface area contributed by atoms with Crippen molar-refractivity contribution in [3.05, 3.63) is 59.4 Å². The predicted octanol–water partition coefficient (Wildman–Crippen LogP) is 2.86. The van der Waals surface area contributed by atoms with E-state index in [9.17, 15) is 18.4 Å². The first kappa shape index (κ1) is 19.1. The predicted molar refractivity (Wildman–Crippen MR) is 96.8 cm³/mol. The van der Waals surface area contributed by atoms with Gasteiger partial charge in [0.1, 0.15) is 17.7 Å². The molecule has 0 saturated carbocycles. The molecular formula is C20H23F2N3O2. The Labute approximate surface area is 157 Å². The molecule has 1 unspecified atom stereocenters. The lowest BCUT2D eigenvalue weighted by Crippen LogP contribution is -2.47. The molecule has 0 radical (unpaired) electrons. The topological polar surface area (TPSA) is 54.3 Å². The van der Waals surface area contributed by atoms with E-state index in [-0.39, 0.29) is 29.8 Å². The van der Waals surface area contributed by atoms with E-state index in [1.165, 1.54) is 12.1 Å². The number of halogens is 2. The summed E-state index contributed by atoms with van der Waals surface area (Å²) in [6.07, 6.45) is 2.21. The van der Waals surface area contributed by atoms with Gasteiger partial charge in [-0.3, -0.25) is 9.59 Å². The fourth-order valence-electron chi connectivity index (χ4n) is 3.42. The Balaban J connectivity index is 1.85. The van der Waals surface area contributed by atoms with Crippen LogP contribution in [0.3, 0.4) is 0 Å². The number of aromatic nitrogens is 1. The normalized spacial score (nSPS) is 16.3. The minimum Gasteiger partial charge on any atom is -0.348 e. The van der Waals surface area contributed by atoms with Crippen LogP contribution in [0.25, 0.3) is 0 Å². The van der Waals surface area contributed by atoms with Crippen molar-refractivity contribution < 1.29 is 18.4 Å². The van der Waals surface area contributed by atoms with Crippen molar-refractivity contribution in [3.8, 4) is 0 Å². The summed E-state index contributed by atoms with van der Waals surface area (Å²) in [5.41, 5.74) is 0.992. The average molecular weight is 375 g/mol. The number of rotatable bonds is 5. The largest absolute Gasteiger partial charge is 0.348 e. The number of benzene rings is 1. The smallest absolute Gasteiger partial charge is 0.242 e. The Morgan fingerprint density at radius 1 is 1.22 bits per heavy atom. The molecule has 2 amide bonds. The van der Waals surface area contributed by atoms with Crippen LogP contribution in [0.1, 0.15) is 37.6 Å². The summed E-state index contributed by atoms with van der Waals surface area (Å²) in [5, 5.41) is 2.63. The third-order valence-electron chi connectivity index (χ3n) is 4.65. The number of carbonyl (C=O) groups excluding carboxylic acids is 2. The lowest BCUT2D eigenvalue weighted by atomic mass is 9.99. The Kier molecular flexibility index (Phi) is 5.58. The van der Waals surface area contributed by atoms with Crippen molar-refractivity contribution in [2.45, 2.75) is 32.9 Å². The molecule has 3 rings (SSSR count). The summed E-state index contributed by atoms with van der Waals surface area (Å²) in [6.45, 7) is 4.65. The van der Waals surface area contributed by atoms with Crippen LogP contribution in [-0.4, -0.2) is 34.4 Å². The summed E-state index contributed by atoms with van der Waals surface area (Å²) in [4.78, 5) is 26.2. The summed E-state index contributed by atoms with van der Waals surface area (Å²) >= 11 is 0. The zero-order valence-corrected chi connectivity index (χ0v) is 15.4. The maximum Gasteiger partial charge on any atom is 0.242 e. The fourth-order valence-corrected chi connectivity index (χ4v) is 3.42.